The molecule has 21 heavy (non-hydrogen) atoms. The first kappa shape index (κ1) is 15.8. The summed E-state index contributed by atoms with van der Waals surface area (Å²) >= 11 is 0.686. The minimum Gasteiger partial charge on any atom is -0.315 e. The summed E-state index contributed by atoms with van der Waals surface area (Å²) in [6.07, 6.45) is 0. The molecule has 2 rings (SSSR count). The molecule has 114 valence electrons. The molecule has 0 fully saturated rings. The van der Waals surface area contributed by atoms with Gasteiger partial charge in [0.05, 0.1) is 0 Å². The molecule has 7 heteroatoms. The molecule has 0 atom stereocenters. The number of H-pyrrole nitrogens is 1. The SMILES string of the molecule is Cc1[nH]c(=O)sc1S(=O)(=O)Nc1ccc(C(C)(C)C)cc1. The number of thiazole rings is 1. The molecule has 0 saturated heterocycles. The summed E-state index contributed by atoms with van der Waals surface area (Å²) in [7, 11) is -3.73. The second-order valence-corrected chi connectivity index (χ2v) is 8.72. The van der Waals surface area contributed by atoms with Crippen LogP contribution >= 0.6 is 11.3 Å². The van der Waals surface area contributed by atoms with Crippen LogP contribution in [0, 0.1) is 6.92 Å². The minimum atomic E-state index is -3.73. The van der Waals surface area contributed by atoms with Gasteiger partial charge in [0.2, 0.25) is 0 Å². The lowest BCUT2D eigenvalue weighted by Crippen LogP contribution is -2.14. The zero-order chi connectivity index (χ0) is 15.8. The number of anilines is 1. The average Bonchev–Trinajstić information content (AvgIpc) is 2.68. The van der Waals surface area contributed by atoms with Crippen molar-refractivity contribution in [3.8, 4) is 0 Å². The second kappa shape index (κ2) is 5.31. The van der Waals surface area contributed by atoms with Gasteiger partial charge < -0.3 is 4.98 Å². The summed E-state index contributed by atoms with van der Waals surface area (Å²) in [4.78, 5) is 13.3. The lowest BCUT2D eigenvalue weighted by molar-refractivity contribution is 0.590. The third-order valence-electron chi connectivity index (χ3n) is 3.03. The third-order valence-corrected chi connectivity index (χ3v) is 6.01. The van der Waals surface area contributed by atoms with Crippen LogP contribution in [0.15, 0.2) is 33.3 Å². The maximum atomic E-state index is 12.3. The Morgan fingerprint density at radius 1 is 1.14 bits per heavy atom. The fourth-order valence-corrected chi connectivity index (χ4v) is 4.25. The topological polar surface area (TPSA) is 79.0 Å². The number of aromatic amines is 1. The number of rotatable bonds is 3. The molecule has 0 bridgehead atoms. The summed E-state index contributed by atoms with van der Waals surface area (Å²) in [6.45, 7) is 7.83. The Balaban J connectivity index is 2.29. The first-order valence-corrected chi connectivity index (χ1v) is 8.72. The predicted molar refractivity (Wildman–Crippen MR) is 85.6 cm³/mol. The predicted octanol–water partition coefficient (Wildman–Crippen LogP) is 2.84. The average molecular weight is 326 g/mol. The van der Waals surface area contributed by atoms with Gasteiger partial charge in [-0.3, -0.25) is 9.52 Å². The molecular weight excluding hydrogens is 308 g/mol. The molecule has 1 aromatic carbocycles. The van der Waals surface area contributed by atoms with Crippen LogP contribution in [0.1, 0.15) is 32.0 Å². The summed E-state index contributed by atoms with van der Waals surface area (Å²) in [5.74, 6) is 0. The molecule has 2 N–H and O–H groups in total. The number of hydrogen-bond donors (Lipinski definition) is 2. The Kier molecular flexibility index (Phi) is 3.99. The maximum Gasteiger partial charge on any atom is 0.306 e. The van der Waals surface area contributed by atoms with E-state index in [2.05, 4.69) is 30.5 Å². The highest BCUT2D eigenvalue weighted by Crippen LogP contribution is 2.25. The van der Waals surface area contributed by atoms with Crippen molar-refractivity contribution in [3.05, 3.63) is 45.2 Å². The van der Waals surface area contributed by atoms with Gasteiger partial charge in [0.15, 0.2) is 4.21 Å². The summed E-state index contributed by atoms with van der Waals surface area (Å²) < 4.78 is 27.0. The Bertz CT molecular complexity index is 794. The molecular formula is C14H18N2O3S2. The van der Waals surface area contributed by atoms with E-state index in [1.54, 1.807) is 19.1 Å². The third kappa shape index (κ3) is 3.54. The zero-order valence-electron chi connectivity index (χ0n) is 12.4. The van der Waals surface area contributed by atoms with Gasteiger partial charge in [-0.25, -0.2) is 8.42 Å². The van der Waals surface area contributed by atoms with Crippen LogP contribution < -0.4 is 9.60 Å². The van der Waals surface area contributed by atoms with Crippen molar-refractivity contribution in [3.63, 3.8) is 0 Å². The molecule has 0 saturated carbocycles. The highest BCUT2D eigenvalue weighted by molar-refractivity contribution is 7.94. The van der Waals surface area contributed by atoms with E-state index < -0.39 is 10.0 Å². The Labute approximate surface area is 128 Å². The minimum absolute atomic E-state index is 0.00810. The van der Waals surface area contributed by atoms with Crippen molar-refractivity contribution in [2.45, 2.75) is 37.3 Å². The van der Waals surface area contributed by atoms with E-state index in [0.29, 0.717) is 22.7 Å². The van der Waals surface area contributed by atoms with Crippen LogP contribution in [0.5, 0.6) is 0 Å². The number of aryl methyl sites for hydroxylation is 1. The van der Waals surface area contributed by atoms with Gasteiger partial charge in [-0.1, -0.05) is 44.2 Å². The molecule has 0 amide bonds. The molecule has 5 nitrogen and oxygen atoms in total. The van der Waals surface area contributed by atoms with Crippen LogP contribution in [0.25, 0.3) is 0 Å². The normalized spacial score (nSPS) is 12.4. The van der Waals surface area contributed by atoms with Crippen molar-refractivity contribution in [1.82, 2.24) is 4.98 Å². The molecule has 1 heterocycles. The number of benzene rings is 1. The van der Waals surface area contributed by atoms with Gasteiger partial charge >= 0.3 is 4.87 Å². The highest BCUT2D eigenvalue weighted by Gasteiger charge is 2.21. The van der Waals surface area contributed by atoms with Gasteiger partial charge in [0.1, 0.15) is 0 Å². The van der Waals surface area contributed by atoms with Gasteiger partial charge in [0, 0.05) is 11.4 Å². The summed E-state index contributed by atoms with van der Waals surface area (Å²) in [5.41, 5.74) is 1.95. The van der Waals surface area contributed by atoms with E-state index in [-0.39, 0.29) is 14.5 Å². The monoisotopic (exact) mass is 326 g/mol. The van der Waals surface area contributed by atoms with Crippen molar-refractivity contribution >= 4 is 27.0 Å². The lowest BCUT2D eigenvalue weighted by atomic mass is 9.87. The standard InChI is InChI=1S/C14H18N2O3S2/c1-9-12(20-13(17)15-9)21(18,19)16-11-7-5-10(6-8-11)14(2,3)4/h5-8,16H,1-4H3,(H,15,17). The molecule has 2 aromatic rings. The van der Waals surface area contributed by atoms with Crippen molar-refractivity contribution in [2.24, 2.45) is 0 Å². The maximum absolute atomic E-state index is 12.3. The summed E-state index contributed by atoms with van der Waals surface area (Å²) in [6, 6.07) is 7.24. The number of sulfonamides is 1. The Hall–Kier alpha value is -1.60. The Morgan fingerprint density at radius 3 is 2.14 bits per heavy atom. The molecule has 0 unspecified atom stereocenters. The van der Waals surface area contributed by atoms with Crippen LogP contribution in [0.3, 0.4) is 0 Å². The van der Waals surface area contributed by atoms with Crippen LogP contribution in [-0.2, 0) is 15.4 Å². The smallest absolute Gasteiger partial charge is 0.306 e. The van der Waals surface area contributed by atoms with Crippen molar-refractivity contribution in [2.75, 3.05) is 4.72 Å². The van der Waals surface area contributed by atoms with Crippen LogP contribution in [0.2, 0.25) is 0 Å². The number of hydrogen-bond acceptors (Lipinski definition) is 4. The molecule has 0 aliphatic heterocycles. The van der Waals surface area contributed by atoms with Gasteiger partial charge in [-0.15, -0.1) is 0 Å². The van der Waals surface area contributed by atoms with E-state index in [1.165, 1.54) is 0 Å². The molecule has 0 aliphatic rings. The first-order valence-electron chi connectivity index (χ1n) is 6.43. The van der Waals surface area contributed by atoms with Crippen molar-refractivity contribution in [1.29, 1.82) is 0 Å². The number of aromatic nitrogens is 1. The van der Waals surface area contributed by atoms with E-state index in [0.717, 1.165) is 5.56 Å². The quantitative estimate of drug-likeness (QED) is 0.910. The number of nitrogens with one attached hydrogen (secondary N) is 2. The molecule has 0 spiro atoms. The van der Waals surface area contributed by atoms with E-state index in [4.69, 9.17) is 0 Å². The molecule has 1 aromatic heterocycles. The Morgan fingerprint density at radius 2 is 1.71 bits per heavy atom. The van der Waals surface area contributed by atoms with E-state index in [1.807, 2.05) is 12.1 Å². The largest absolute Gasteiger partial charge is 0.315 e. The summed E-state index contributed by atoms with van der Waals surface area (Å²) in [5, 5.41) is 0. The van der Waals surface area contributed by atoms with Gasteiger partial charge in [-0.05, 0) is 30.0 Å². The molecule has 0 radical (unpaired) electrons. The van der Waals surface area contributed by atoms with E-state index >= 15 is 0 Å². The second-order valence-electron chi connectivity index (χ2n) is 5.86. The molecule has 0 aliphatic carbocycles. The lowest BCUT2D eigenvalue weighted by Gasteiger charge is -2.19. The van der Waals surface area contributed by atoms with Gasteiger partial charge in [-0.2, -0.15) is 0 Å². The van der Waals surface area contributed by atoms with Crippen molar-refractivity contribution < 1.29 is 8.42 Å². The van der Waals surface area contributed by atoms with Gasteiger partial charge in [0.25, 0.3) is 10.0 Å². The fraction of sp³-hybridized carbons (Fsp3) is 0.357. The zero-order valence-corrected chi connectivity index (χ0v) is 14.0. The van der Waals surface area contributed by atoms with E-state index in [9.17, 15) is 13.2 Å². The van der Waals surface area contributed by atoms with Crippen LogP contribution in [-0.4, -0.2) is 13.4 Å². The van der Waals surface area contributed by atoms with Crippen LogP contribution in [0.4, 0.5) is 5.69 Å². The first-order chi connectivity index (χ1) is 9.59. The highest BCUT2D eigenvalue weighted by atomic mass is 32.2. The fourth-order valence-electron chi connectivity index (χ4n) is 1.89.